The van der Waals surface area contributed by atoms with Crippen molar-refractivity contribution in [3.63, 3.8) is 0 Å². The lowest BCUT2D eigenvalue weighted by atomic mass is 10.2. The Labute approximate surface area is 84.1 Å². The van der Waals surface area contributed by atoms with E-state index in [2.05, 4.69) is 10.6 Å². The van der Waals surface area contributed by atoms with Crippen molar-refractivity contribution in [3.8, 4) is 0 Å². The lowest BCUT2D eigenvalue weighted by Crippen LogP contribution is -2.43. The maximum absolute atomic E-state index is 10.9. The Hall–Kier alpha value is -0.610. The molecule has 0 spiro atoms. The van der Waals surface area contributed by atoms with Crippen LogP contribution in [-0.2, 0) is 4.79 Å². The van der Waals surface area contributed by atoms with Gasteiger partial charge in [0.05, 0.1) is 6.10 Å². The third-order valence-corrected chi connectivity index (χ3v) is 3.19. The van der Waals surface area contributed by atoms with Gasteiger partial charge in [0.2, 0.25) is 5.91 Å². The van der Waals surface area contributed by atoms with Crippen LogP contribution in [0.2, 0.25) is 0 Å². The topological polar surface area (TPSA) is 61.4 Å². The number of nitrogens with one attached hydrogen (secondary N) is 2. The van der Waals surface area contributed by atoms with Gasteiger partial charge in [-0.05, 0) is 25.7 Å². The highest BCUT2D eigenvalue weighted by Crippen LogP contribution is 2.18. The second kappa shape index (κ2) is 4.28. The Balaban J connectivity index is 1.69. The van der Waals surface area contributed by atoms with Gasteiger partial charge in [0, 0.05) is 25.0 Å². The molecule has 0 aromatic carbocycles. The smallest absolute Gasteiger partial charge is 0.220 e. The molecule has 0 bridgehead atoms. The van der Waals surface area contributed by atoms with E-state index in [9.17, 15) is 9.90 Å². The van der Waals surface area contributed by atoms with Gasteiger partial charge in [0.25, 0.3) is 0 Å². The van der Waals surface area contributed by atoms with E-state index in [1.54, 1.807) is 0 Å². The molecular weight excluding hydrogens is 180 g/mol. The minimum atomic E-state index is -0.188. The van der Waals surface area contributed by atoms with Gasteiger partial charge in [-0.2, -0.15) is 0 Å². The van der Waals surface area contributed by atoms with Gasteiger partial charge in [-0.15, -0.1) is 0 Å². The van der Waals surface area contributed by atoms with Gasteiger partial charge in [-0.1, -0.05) is 0 Å². The molecule has 4 nitrogen and oxygen atoms in total. The molecule has 14 heavy (non-hydrogen) atoms. The standard InChI is InChI=1S/C10H18N2O2/c13-9-3-1-2-8(9)11-6-7-4-5-10(14)12-7/h7-9,11,13H,1-6H2,(H,12,14)/t7?,8-,9-/m0/s1. The molecule has 1 unspecified atom stereocenters. The van der Waals surface area contributed by atoms with Crippen LogP contribution in [0.25, 0.3) is 0 Å². The van der Waals surface area contributed by atoms with Crippen LogP contribution in [0, 0.1) is 0 Å². The zero-order chi connectivity index (χ0) is 9.97. The normalized spacial score (nSPS) is 37.5. The van der Waals surface area contributed by atoms with E-state index in [0.717, 1.165) is 32.2 Å². The molecule has 2 rings (SSSR count). The van der Waals surface area contributed by atoms with Crippen molar-refractivity contribution in [1.29, 1.82) is 0 Å². The van der Waals surface area contributed by atoms with Gasteiger partial charge in [0.15, 0.2) is 0 Å². The summed E-state index contributed by atoms with van der Waals surface area (Å²) >= 11 is 0. The summed E-state index contributed by atoms with van der Waals surface area (Å²) in [5, 5.41) is 15.8. The largest absolute Gasteiger partial charge is 0.392 e. The molecular formula is C10H18N2O2. The molecule has 0 aromatic heterocycles. The molecule has 1 amide bonds. The van der Waals surface area contributed by atoms with Crippen LogP contribution in [0.1, 0.15) is 32.1 Å². The van der Waals surface area contributed by atoms with Crippen molar-refractivity contribution < 1.29 is 9.90 Å². The Morgan fingerprint density at radius 2 is 2.29 bits per heavy atom. The molecule has 2 aliphatic rings. The van der Waals surface area contributed by atoms with Gasteiger partial charge >= 0.3 is 0 Å². The van der Waals surface area contributed by atoms with Crippen LogP contribution < -0.4 is 10.6 Å². The molecule has 80 valence electrons. The first kappa shape index (κ1) is 9.93. The van der Waals surface area contributed by atoms with E-state index < -0.39 is 0 Å². The molecule has 1 aliphatic heterocycles. The van der Waals surface area contributed by atoms with E-state index in [1.165, 1.54) is 0 Å². The second-order valence-corrected chi connectivity index (χ2v) is 4.32. The highest BCUT2D eigenvalue weighted by atomic mass is 16.3. The average molecular weight is 198 g/mol. The number of hydrogen-bond acceptors (Lipinski definition) is 3. The van der Waals surface area contributed by atoms with Crippen LogP contribution in [0.4, 0.5) is 0 Å². The number of amides is 1. The van der Waals surface area contributed by atoms with E-state index in [4.69, 9.17) is 0 Å². The van der Waals surface area contributed by atoms with Gasteiger partial charge < -0.3 is 15.7 Å². The summed E-state index contributed by atoms with van der Waals surface area (Å²) in [6.45, 7) is 0.799. The lowest BCUT2D eigenvalue weighted by Gasteiger charge is -2.19. The average Bonchev–Trinajstić information content (AvgIpc) is 2.72. The van der Waals surface area contributed by atoms with Crippen molar-refractivity contribution >= 4 is 5.91 Å². The van der Waals surface area contributed by atoms with E-state index in [1.807, 2.05) is 0 Å². The summed E-state index contributed by atoms with van der Waals surface area (Å²) < 4.78 is 0. The third kappa shape index (κ3) is 2.25. The first-order valence-electron chi connectivity index (χ1n) is 5.46. The first-order chi connectivity index (χ1) is 6.75. The molecule has 0 radical (unpaired) electrons. The number of aliphatic hydroxyl groups excluding tert-OH is 1. The fourth-order valence-electron chi connectivity index (χ4n) is 2.30. The van der Waals surface area contributed by atoms with Crippen LogP contribution in [0.5, 0.6) is 0 Å². The quantitative estimate of drug-likeness (QED) is 0.587. The van der Waals surface area contributed by atoms with Gasteiger partial charge in [0.1, 0.15) is 0 Å². The minimum Gasteiger partial charge on any atom is -0.392 e. The van der Waals surface area contributed by atoms with Gasteiger partial charge in [-0.3, -0.25) is 4.79 Å². The maximum Gasteiger partial charge on any atom is 0.220 e. The molecule has 4 heteroatoms. The Kier molecular flexibility index (Phi) is 3.03. The lowest BCUT2D eigenvalue weighted by molar-refractivity contribution is -0.119. The zero-order valence-electron chi connectivity index (χ0n) is 8.33. The Morgan fingerprint density at radius 3 is 2.86 bits per heavy atom. The van der Waals surface area contributed by atoms with Crippen LogP contribution in [0.3, 0.4) is 0 Å². The van der Waals surface area contributed by atoms with Crippen molar-refractivity contribution in [2.75, 3.05) is 6.54 Å². The number of carbonyl (C=O) groups is 1. The molecule has 3 N–H and O–H groups in total. The number of rotatable bonds is 3. The summed E-state index contributed by atoms with van der Waals surface area (Å²) in [4.78, 5) is 10.9. The molecule has 1 heterocycles. The van der Waals surface area contributed by atoms with Crippen molar-refractivity contribution in [1.82, 2.24) is 10.6 Å². The molecule has 1 saturated carbocycles. The highest BCUT2D eigenvalue weighted by Gasteiger charge is 2.27. The van der Waals surface area contributed by atoms with E-state index >= 15 is 0 Å². The van der Waals surface area contributed by atoms with E-state index in [0.29, 0.717) is 6.42 Å². The molecule has 3 atom stereocenters. The minimum absolute atomic E-state index is 0.156. The summed E-state index contributed by atoms with van der Waals surface area (Å²) in [6.07, 6.45) is 4.47. The predicted octanol–water partition coefficient (Wildman–Crippen LogP) is -0.232. The third-order valence-electron chi connectivity index (χ3n) is 3.19. The van der Waals surface area contributed by atoms with E-state index in [-0.39, 0.29) is 24.1 Å². The first-order valence-corrected chi connectivity index (χ1v) is 5.46. The molecule has 0 aromatic rings. The summed E-state index contributed by atoms with van der Waals surface area (Å²) in [5.41, 5.74) is 0. The zero-order valence-corrected chi connectivity index (χ0v) is 8.33. The van der Waals surface area contributed by atoms with Crippen molar-refractivity contribution in [2.24, 2.45) is 0 Å². The monoisotopic (exact) mass is 198 g/mol. The van der Waals surface area contributed by atoms with Crippen LogP contribution in [-0.4, -0.2) is 35.7 Å². The number of carbonyl (C=O) groups excluding carboxylic acids is 1. The fourth-order valence-corrected chi connectivity index (χ4v) is 2.30. The molecule has 2 fully saturated rings. The second-order valence-electron chi connectivity index (χ2n) is 4.32. The van der Waals surface area contributed by atoms with Crippen molar-refractivity contribution in [2.45, 2.75) is 50.3 Å². The number of hydrogen-bond donors (Lipinski definition) is 3. The fraction of sp³-hybridized carbons (Fsp3) is 0.900. The molecule has 1 saturated heterocycles. The SMILES string of the molecule is O=C1CCC(CN[C@H]2CCC[C@@H]2O)N1. The molecule has 1 aliphatic carbocycles. The predicted molar refractivity (Wildman–Crippen MR) is 52.8 cm³/mol. The Bertz CT molecular complexity index is 220. The van der Waals surface area contributed by atoms with Crippen LogP contribution >= 0.6 is 0 Å². The summed E-state index contributed by atoms with van der Waals surface area (Å²) in [5.74, 6) is 0.156. The van der Waals surface area contributed by atoms with Crippen LogP contribution in [0.15, 0.2) is 0 Å². The van der Waals surface area contributed by atoms with Crippen molar-refractivity contribution in [3.05, 3.63) is 0 Å². The maximum atomic E-state index is 10.9. The summed E-state index contributed by atoms with van der Waals surface area (Å²) in [6, 6.07) is 0.516. The number of aliphatic hydroxyl groups is 1. The van der Waals surface area contributed by atoms with Gasteiger partial charge in [-0.25, -0.2) is 0 Å². The highest BCUT2D eigenvalue weighted by molar-refractivity contribution is 5.78. The summed E-state index contributed by atoms with van der Waals surface area (Å²) in [7, 11) is 0. The Morgan fingerprint density at radius 1 is 1.43 bits per heavy atom.